The first-order chi connectivity index (χ1) is 22.9. The Bertz CT molecular complexity index is 1980. The Balaban J connectivity index is 1.42. The van der Waals surface area contributed by atoms with Gasteiger partial charge >= 0.3 is 6.03 Å². The second-order valence-corrected chi connectivity index (χ2v) is 14.6. The number of fused-ring (bicyclic) bond motifs is 3. The van der Waals surface area contributed by atoms with Crippen molar-refractivity contribution in [1.29, 1.82) is 4.78 Å². The number of aryl methyl sites for hydroxylation is 2. The predicted molar refractivity (Wildman–Crippen MR) is 182 cm³/mol. The molecule has 8 rings (SSSR count). The Hall–Kier alpha value is -4.89. The molecule has 2 atom stereocenters. The maximum Gasteiger partial charge on any atom is 0.336 e. The molecule has 1 aromatic heterocycles. The van der Waals surface area contributed by atoms with Crippen LogP contribution < -0.4 is 10.1 Å². The fourth-order valence-electron chi connectivity index (χ4n) is 7.84. The molecule has 238 valence electrons. The van der Waals surface area contributed by atoms with Crippen molar-refractivity contribution in [2.24, 2.45) is 0 Å². The highest BCUT2D eigenvalue weighted by molar-refractivity contribution is 7.90. The normalized spacial score (nSPS) is 17.7. The molecule has 0 fully saturated rings. The van der Waals surface area contributed by atoms with E-state index in [-0.39, 0.29) is 10.8 Å². The van der Waals surface area contributed by atoms with Crippen molar-refractivity contribution in [3.8, 4) is 5.88 Å². The molecule has 0 saturated carbocycles. The van der Waals surface area contributed by atoms with Crippen molar-refractivity contribution >= 4 is 21.6 Å². The van der Waals surface area contributed by atoms with Crippen LogP contribution in [0.4, 0.5) is 10.5 Å². The topological polar surface area (TPSA) is 100 Å². The molecule has 0 spiro atoms. The number of rotatable bonds is 7. The number of hydrogen-bond acceptors (Lipinski definition) is 5. The molecule has 2 heterocycles. The number of anilines is 1. The van der Waals surface area contributed by atoms with Gasteiger partial charge in [0.2, 0.25) is 5.88 Å². The monoisotopic (exact) mass is 643 g/mol. The molecule has 0 radical (unpaired) electrons. The number of carbonyl (C=O) groups excluding carboxylic acids is 1. The van der Waals surface area contributed by atoms with Gasteiger partial charge in [-0.2, -0.15) is 5.10 Å². The van der Waals surface area contributed by atoms with Gasteiger partial charge < -0.3 is 10.1 Å². The average Bonchev–Trinajstić information content (AvgIpc) is 3.76. The number of amides is 2. The third-order valence-electron chi connectivity index (χ3n) is 9.91. The summed E-state index contributed by atoms with van der Waals surface area (Å²) in [6.07, 6.45) is 6.02. The van der Waals surface area contributed by atoms with Gasteiger partial charge in [0, 0.05) is 18.7 Å². The summed E-state index contributed by atoms with van der Waals surface area (Å²) in [6, 6.07) is 30.6. The van der Waals surface area contributed by atoms with E-state index in [1.54, 1.807) is 4.68 Å². The van der Waals surface area contributed by atoms with E-state index < -0.39 is 21.5 Å². The lowest BCUT2D eigenvalue weighted by Gasteiger charge is -2.45. The van der Waals surface area contributed by atoms with E-state index in [0.29, 0.717) is 35.8 Å². The fraction of sp³-hybridized carbons (Fsp3) is 0.263. The second-order valence-electron chi connectivity index (χ2n) is 12.7. The van der Waals surface area contributed by atoms with E-state index in [1.807, 2.05) is 91.0 Å². The number of nitrogens with zero attached hydrogens (tertiary/aromatic N) is 3. The zero-order valence-electron chi connectivity index (χ0n) is 26.3. The summed E-state index contributed by atoms with van der Waals surface area (Å²) >= 11 is 0. The van der Waals surface area contributed by atoms with Crippen LogP contribution in [-0.2, 0) is 41.3 Å². The van der Waals surface area contributed by atoms with Crippen LogP contribution in [0.3, 0.4) is 0 Å². The number of aromatic nitrogens is 2. The minimum atomic E-state index is -4.14. The Morgan fingerprint density at radius 3 is 2.15 bits per heavy atom. The molecule has 8 nitrogen and oxygen atoms in total. The van der Waals surface area contributed by atoms with Gasteiger partial charge in [0.05, 0.1) is 12.8 Å². The van der Waals surface area contributed by atoms with Gasteiger partial charge in [-0.15, -0.1) is 0 Å². The summed E-state index contributed by atoms with van der Waals surface area (Å²) in [6.45, 7) is 3.18. The second kappa shape index (κ2) is 11.4. The Labute approximate surface area is 275 Å². The van der Waals surface area contributed by atoms with Crippen molar-refractivity contribution in [3.05, 3.63) is 142 Å². The quantitative estimate of drug-likeness (QED) is 0.178. The van der Waals surface area contributed by atoms with E-state index in [9.17, 15) is 4.78 Å². The number of benzene rings is 4. The highest BCUT2D eigenvalue weighted by Crippen LogP contribution is 2.49. The van der Waals surface area contributed by atoms with E-state index in [2.05, 4.69) is 23.4 Å². The largest absolute Gasteiger partial charge is 0.477 e. The van der Waals surface area contributed by atoms with Crippen LogP contribution in [0, 0.1) is 4.78 Å². The van der Waals surface area contributed by atoms with Crippen LogP contribution in [0.2, 0.25) is 0 Å². The molecule has 47 heavy (non-hydrogen) atoms. The summed E-state index contributed by atoms with van der Waals surface area (Å²) < 4.78 is 34.6. The molecule has 2 amide bonds. The van der Waals surface area contributed by atoms with Crippen molar-refractivity contribution in [1.82, 2.24) is 14.1 Å². The first kappa shape index (κ1) is 29.5. The Morgan fingerprint density at radius 1 is 0.936 bits per heavy atom. The van der Waals surface area contributed by atoms with Gasteiger partial charge in [0.15, 0.2) is 9.92 Å². The third-order valence-corrected chi connectivity index (χ3v) is 11.7. The molecule has 0 saturated heterocycles. The van der Waals surface area contributed by atoms with Gasteiger partial charge in [0.1, 0.15) is 10.4 Å². The van der Waals surface area contributed by atoms with Crippen molar-refractivity contribution < 1.29 is 13.7 Å². The lowest BCUT2D eigenvalue weighted by Crippen LogP contribution is -2.55. The lowest BCUT2D eigenvalue weighted by molar-refractivity contribution is 0.215. The predicted octanol–water partition coefficient (Wildman–Crippen LogP) is 7.66. The Morgan fingerprint density at radius 2 is 1.55 bits per heavy atom. The molecule has 0 bridgehead atoms. The van der Waals surface area contributed by atoms with E-state index >= 15 is 9.00 Å². The summed E-state index contributed by atoms with van der Waals surface area (Å²) in [4.78, 5) is 15.5. The standard InChI is InChI=1S/C38H37N5O3S/c1-26-23-28-24-27-13-11-20-32(27)35(34(26)28)41-37(44)43(47(39,45)33-25-40-42-21-12-22-46-36(33)42)38(29-14-5-2-6-15-29,30-16-7-3-8-17-30)31-18-9-4-10-19-31/h2-10,14-19,24-26,39H,11-13,20-23H2,1H3,(H,41,44)/t26-,47+/m1/s1. The summed E-state index contributed by atoms with van der Waals surface area (Å²) in [5.41, 5.74) is 6.26. The molecular weight excluding hydrogens is 607 g/mol. The molecule has 5 aromatic rings. The van der Waals surface area contributed by atoms with E-state index in [1.165, 1.54) is 21.6 Å². The summed E-state index contributed by atoms with van der Waals surface area (Å²) in [7, 11) is -4.14. The number of ether oxygens (including phenoxy) is 1. The molecule has 2 aliphatic carbocycles. The number of urea groups is 1. The smallest absolute Gasteiger partial charge is 0.336 e. The SMILES string of the molecule is C[C@@H]1Cc2cc3c(c(NC(=O)N(C(c4ccccc4)(c4ccccc4)c4ccccc4)[S@](=N)(=O)c4cnn5c4OCCC5)c21)CCC3. The van der Waals surface area contributed by atoms with Gasteiger partial charge in [-0.05, 0) is 70.5 Å². The van der Waals surface area contributed by atoms with E-state index in [0.717, 1.165) is 48.9 Å². The molecule has 9 heteroatoms. The van der Waals surface area contributed by atoms with Gasteiger partial charge in [-0.25, -0.2) is 22.8 Å². The molecular formula is C38H37N5O3S. The van der Waals surface area contributed by atoms with E-state index in [4.69, 9.17) is 4.74 Å². The molecule has 0 unspecified atom stereocenters. The van der Waals surface area contributed by atoms with Crippen LogP contribution in [0.15, 0.2) is 108 Å². The Kier molecular flexibility index (Phi) is 7.17. The van der Waals surface area contributed by atoms with Gasteiger partial charge in [-0.3, -0.25) is 0 Å². The fourth-order valence-corrected chi connectivity index (χ4v) is 9.61. The number of carbonyl (C=O) groups is 1. The maximum absolute atomic E-state index is 15.7. The molecule has 3 aliphatic rings. The van der Waals surface area contributed by atoms with Crippen LogP contribution in [0.25, 0.3) is 0 Å². The van der Waals surface area contributed by atoms with Crippen molar-refractivity contribution in [3.63, 3.8) is 0 Å². The van der Waals surface area contributed by atoms with Gasteiger partial charge in [-0.1, -0.05) is 104 Å². The first-order valence-electron chi connectivity index (χ1n) is 16.3. The van der Waals surface area contributed by atoms with Gasteiger partial charge in [0.25, 0.3) is 0 Å². The highest BCUT2D eigenvalue weighted by atomic mass is 32.2. The molecule has 4 aromatic carbocycles. The van der Waals surface area contributed by atoms with Crippen LogP contribution in [0.5, 0.6) is 5.88 Å². The molecule has 1 aliphatic heterocycles. The first-order valence-corrected chi connectivity index (χ1v) is 17.8. The maximum atomic E-state index is 15.7. The zero-order valence-corrected chi connectivity index (χ0v) is 27.1. The average molecular weight is 644 g/mol. The minimum absolute atomic E-state index is 0.0826. The van der Waals surface area contributed by atoms with Crippen molar-refractivity contribution in [2.45, 2.75) is 61.9 Å². The summed E-state index contributed by atoms with van der Waals surface area (Å²) in [5, 5.41) is 7.79. The number of nitrogens with one attached hydrogen (secondary N) is 2. The third kappa shape index (κ3) is 4.58. The highest BCUT2D eigenvalue weighted by Gasteiger charge is 2.51. The number of hydrogen-bond donors (Lipinski definition) is 2. The lowest BCUT2D eigenvalue weighted by atomic mass is 9.75. The summed E-state index contributed by atoms with van der Waals surface area (Å²) in [5.74, 6) is 0.564. The zero-order chi connectivity index (χ0) is 32.2. The molecule has 2 N–H and O–H groups in total. The van der Waals surface area contributed by atoms with Crippen molar-refractivity contribution in [2.75, 3.05) is 11.9 Å². The van der Waals surface area contributed by atoms with Crippen LogP contribution >= 0.6 is 0 Å². The van der Waals surface area contributed by atoms with Crippen LogP contribution in [-0.4, -0.2) is 30.9 Å². The van der Waals surface area contributed by atoms with Crippen LogP contribution in [0.1, 0.15) is 64.6 Å². The minimum Gasteiger partial charge on any atom is -0.477 e.